The second-order valence-electron chi connectivity index (χ2n) is 3.68. The van der Waals surface area contributed by atoms with Crippen LogP contribution in [0.15, 0.2) is 0 Å². The molecule has 0 bridgehead atoms. The number of rotatable bonds is 3. The van der Waals surface area contributed by atoms with Crippen molar-refractivity contribution >= 4 is 5.84 Å². The topological polar surface area (TPSA) is 27.1 Å². The number of nitrogens with one attached hydrogen (secondary N) is 1. The van der Waals surface area contributed by atoms with Crippen molar-refractivity contribution < 1.29 is 0 Å². The van der Waals surface area contributed by atoms with Gasteiger partial charge in [-0.1, -0.05) is 0 Å². The van der Waals surface area contributed by atoms with Gasteiger partial charge in [0.2, 0.25) is 0 Å². The predicted molar refractivity (Wildman–Crippen MR) is 45.9 cm³/mol. The quantitative estimate of drug-likeness (QED) is 0.485. The maximum absolute atomic E-state index is 7.86. The van der Waals surface area contributed by atoms with E-state index in [9.17, 15) is 0 Å². The highest BCUT2D eigenvalue weighted by molar-refractivity contribution is 5.84. The number of nitrogens with zero attached hydrogens (tertiary/aromatic N) is 1. The van der Waals surface area contributed by atoms with E-state index in [1.165, 1.54) is 25.7 Å². The van der Waals surface area contributed by atoms with E-state index >= 15 is 0 Å². The Labute approximate surface area is 68.1 Å². The first-order chi connectivity index (χ1) is 5.33. The number of amidine groups is 1. The first kappa shape index (κ1) is 7.14. The molecule has 2 aliphatic rings. The molecule has 0 aromatic carbocycles. The summed E-state index contributed by atoms with van der Waals surface area (Å²) in [5.41, 5.74) is 0. The van der Waals surface area contributed by atoms with Gasteiger partial charge in [0.25, 0.3) is 0 Å². The summed E-state index contributed by atoms with van der Waals surface area (Å²) in [5, 5.41) is 7.86. The molecule has 2 saturated carbocycles. The molecule has 2 nitrogen and oxygen atoms in total. The molecular weight excluding hydrogens is 136 g/mol. The Morgan fingerprint density at radius 2 is 2.00 bits per heavy atom. The maximum Gasteiger partial charge on any atom is 0.0991 e. The second kappa shape index (κ2) is 2.50. The fourth-order valence-electron chi connectivity index (χ4n) is 1.60. The Kier molecular flexibility index (Phi) is 1.63. The standard InChI is InChI=1S/C9H16N2/c1-2-11(8-5-6-8)9(10)7-3-4-7/h7-8,10H,2-6H2,1H3. The van der Waals surface area contributed by atoms with Crippen LogP contribution in [0.25, 0.3) is 0 Å². The van der Waals surface area contributed by atoms with Crippen LogP contribution >= 0.6 is 0 Å². The fraction of sp³-hybridized carbons (Fsp3) is 0.889. The molecule has 2 heteroatoms. The highest BCUT2D eigenvalue weighted by atomic mass is 15.2. The van der Waals surface area contributed by atoms with E-state index in [4.69, 9.17) is 5.41 Å². The summed E-state index contributed by atoms with van der Waals surface area (Å²) in [5.74, 6) is 1.56. The molecule has 0 aromatic heterocycles. The van der Waals surface area contributed by atoms with E-state index in [0.29, 0.717) is 5.92 Å². The molecule has 0 heterocycles. The first-order valence-corrected chi connectivity index (χ1v) is 4.68. The lowest BCUT2D eigenvalue weighted by Gasteiger charge is -2.22. The zero-order chi connectivity index (χ0) is 7.84. The van der Waals surface area contributed by atoms with Crippen LogP contribution in [0.2, 0.25) is 0 Å². The van der Waals surface area contributed by atoms with Gasteiger partial charge in [0.15, 0.2) is 0 Å². The van der Waals surface area contributed by atoms with Gasteiger partial charge in [0.1, 0.15) is 0 Å². The van der Waals surface area contributed by atoms with E-state index in [0.717, 1.165) is 18.4 Å². The summed E-state index contributed by atoms with van der Waals surface area (Å²) in [6.45, 7) is 3.20. The van der Waals surface area contributed by atoms with Gasteiger partial charge in [-0.2, -0.15) is 0 Å². The van der Waals surface area contributed by atoms with Gasteiger partial charge in [0, 0.05) is 18.5 Å². The lowest BCUT2D eigenvalue weighted by Crippen LogP contribution is -2.33. The minimum atomic E-state index is 0.635. The minimum Gasteiger partial charge on any atom is -0.358 e. The van der Waals surface area contributed by atoms with Crippen LogP contribution in [0.3, 0.4) is 0 Å². The minimum absolute atomic E-state index is 0.635. The molecule has 2 fully saturated rings. The third-order valence-corrected chi connectivity index (χ3v) is 2.60. The van der Waals surface area contributed by atoms with E-state index in [-0.39, 0.29) is 0 Å². The monoisotopic (exact) mass is 152 g/mol. The van der Waals surface area contributed by atoms with Crippen molar-refractivity contribution in [3.63, 3.8) is 0 Å². The van der Waals surface area contributed by atoms with E-state index in [1.54, 1.807) is 0 Å². The summed E-state index contributed by atoms with van der Waals surface area (Å²) < 4.78 is 0. The second-order valence-corrected chi connectivity index (χ2v) is 3.68. The summed E-state index contributed by atoms with van der Waals surface area (Å²) >= 11 is 0. The summed E-state index contributed by atoms with van der Waals surface area (Å²) in [7, 11) is 0. The third-order valence-electron chi connectivity index (χ3n) is 2.60. The summed E-state index contributed by atoms with van der Waals surface area (Å²) in [6.07, 6.45) is 5.18. The summed E-state index contributed by atoms with van der Waals surface area (Å²) in [6, 6.07) is 0.744. The van der Waals surface area contributed by atoms with Crippen LogP contribution in [-0.4, -0.2) is 23.3 Å². The molecule has 2 rings (SSSR count). The first-order valence-electron chi connectivity index (χ1n) is 4.68. The van der Waals surface area contributed by atoms with Crippen molar-refractivity contribution in [2.75, 3.05) is 6.54 Å². The molecule has 0 aromatic rings. The van der Waals surface area contributed by atoms with E-state index < -0.39 is 0 Å². The van der Waals surface area contributed by atoms with Crippen molar-refractivity contribution in [3.05, 3.63) is 0 Å². The van der Waals surface area contributed by atoms with Gasteiger partial charge in [-0.05, 0) is 32.6 Å². The molecule has 0 saturated heterocycles. The van der Waals surface area contributed by atoms with Crippen LogP contribution in [-0.2, 0) is 0 Å². The molecule has 11 heavy (non-hydrogen) atoms. The third kappa shape index (κ3) is 1.39. The Balaban J connectivity index is 1.92. The Morgan fingerprint density at radius 1 is 1.36 bits per heavy atom. The molecule has 0 spiro atoms. The van der Waals surface area contributed by atoms with Crippen LogP contribution in [0.5, 0.6) is 0 Å². The molecule has 1 N–H and O–H groups in total. The number of hydrogen-bond donors (Lipinski definition) is 1. The maximum atomic E-state index is 7.86. The predicted octanol–water partition coefficient (Wildman–Crippen LogP) is 1.86. The Hall–Kier alpha value is -0.530. The molecule has 2 aliphatic carbocycles. The van der Waals surface area contributed by atoms with Crippen LogP contribution < -0.4 is 0 Å². The molecule has 0 aliphatic heterocycles. The molecular formula is C9H16N2. The lowest BCUT2D eigenvalue weighted by molar-refractivity contribution is 0.416. The largest absolute Gasteiger partial charge is 0.358 e. The highest BCUT2D eigenvalue weighted by Crippen LogP contribution is 2.35. The Morgan fingerprint density at radius 3 is 2.36 bits per heavy atom. The van der Waals surface area contributed by atoms with Crippen molar-refractivity contribution in [1.29, 1.82) is 5.41 Å². The van der Waals surface area contributed by atoms with Crippen molar-refractivity contribution in [2.24, 2.45) is 5.92 Å². The highest BCUT2D eigenvalue weighted by Gasteiger charge is 2.36. The fourth-order valence-corrected chi connectivity index (χ4v) is 1.60. The van der Waals surface area contributed by atoms with Gasteiger partial charge in [-0.25, -0.2) is 0 Å². The normalized spacial score (nSPS) is 23.4. The summed E-state index contributed by atoms with van der Waals surface area (Å²) in [4.78, 5) is 2.29. The van der Waals surface area contributed by atoms with Gasteiger partial charge < -0.3 is 4.90 Å². The lowest BCUT2D eigenvalue weighted by atomic mass is 10.3. The SMILES string of the molecule is CCN(C(=N)C1CC1)C1CC1. The van der Waals surface area contributed by atoms with Crippen molar-refractivity contribution in [2.45, 2.75) is 38.6 Å². The van der Waals surface area contributed by atoms with Crippen molar-refractivity contribution in [3.8, 4) is 0 Å². The molecule has 0 amide bonds. The molecule has 0 unspecified atom stereocenters. The van der Waals surface area contributed by atoms with Gasteiger partial charge >= 0.3 is 0 Å². The van der Waals surface area contributed by atoms with Crippen molar-refractivity contribution in [1.82, 2.24) is 4.90 Å². The Bertz CT molecular complexity index is 168. The van der Waals surface area contributed by atoms with Gasteiger partial charge in [-0.3, -0.25) is 5.41 Å². The zero-order valence-electron chi connectivity index (χ0n) is 7.14. The van der Waals surface area contributed by atoms with Crippen LogP contribution in [0.1, 0.15) is 32.6 Å². The molecule has 62 valence electrons. The average molecular weight is 152 g/mol. The molecule has 0 atom stereocenters. The van der Waals surface area contributed by atoms with Crippen LogP contribution in [0.4, 0.5) is 0 Å². The zero-order valence-corrected chi connectivity index (χ0v) is 7.14. The van der Waals surface area contributed by atoms with E-state index in [1.807, 2.05) is 0 Å². The van der Waals surface area contributed by atoms with Crippen LogP contribution in [0, 0.1) is 11.3 Å². The number of hydrogen-bond acceptors (Lipinski definition) is 1. The van der Waals surface area contributed by atoms with Gasteiger partial charge in [0.05, 0.1) is 5.84 Å². The van der Waals surface area contributed by atoms with Gasteiger partial charge in [-0.15, -0.1) is 0 Å². The molecule has 0 radical (unpaired) electrons. The smallest absolute Gasteiger partial charge is 0.0991 e. The average Bonchev–Trinajstić information content (AvgIpc) is 2.86. The van der Waals surface area contributed by atoms with E-state index in [2.05, 4.69) is 11.8 Å².